The number of rotatable bonds is 21. The van der Waals surface area contributed by atoms with Gasteiger partial charge in [0.25, 0.3) is 0 Å². The number of amides is 9. The molecule has 2 aromatic carbocycles. The average molecular weight is 1210 g/mol. The molecule has 0 spiro atoms. The lowest BCUT2D eigenvalue weighted by Crippen LogP contribution is -2.62. The van der Waals surface area contributed by atoms with Crippen LogP contribution in [0.15, 0.2) is 59.6 Å². The highest BCUT2D eigenvalue weighted by Gasteiger charge is 2.50. The first-order valence-electron chi connectivity index (χ1n) is 29.2. The van der Waals surface area contributed by atoms with Crippen molar-refractivity contribution in [2.24, 2.45) is 39.9 Å². The number of aliphatic imine (C=N–C) groups is 1. The van der Waals surface area contributed by atoms with Gasteiger partial charge in [0.1, 0.15) is 54.6 Å². The third-order valence-electron chi connectivity index (χ3n) is 16.0. The molecular weight excluding hydrogens is 1120 g/mol. The quantitative estimate of drug-likeness (QED) is 0.0365. The molecular formula is C58H84N12O12S2. The summed E-state index contributed by atoms with van der Waals surface area (Å²) in [7, 11) is 2.76. The molecule has 0 bridgehead atoms. The van der Waals surface area contributed by atoms with Crippen molar-refractivity contribution < 1.29 is 57.8 Å². The Morgan fingerprint density at radius 2 is 1.36 bits per heavy atom. The summed E-state index contributed by atoms with van der Waals surface area (Å²) in [5.74, 6) is -8.34. The van der Waals surface area contributed by atoms with Gasteiger partial charge >= 0.3 is 5.97 Å². The van der Waals surface area contributed by atoms with Crippen molar-refractivity contribution in [2.75, 3.05) is 32.0 Å². The molecule has 24 nitrogen and oxygen atoms in total. The Morgan fingerprint density at radius 3 is 1.95 bits per heavy atom. The second-order valence-corrected chi connectivity index (χ2v) is 25.2. The first-order chi connectivity index (χ1) is 40.2. The van der Waals surface area contributed by atoms with Gasteiger partial charge in [-0.15, -0.1) is 0 Å². The van der Waals surface area contributed by atoms with Crippen LogP contribution in [0.1, 0.15) is 122 Å². The molecule has 2 saturated heterocycles. The molecule has 9 amide bonds. The largest absolute Gasteiger partial charge is 0.494 e. The van der Waals surface area contributed by atoms with Crippen LogP contribution in [0.3, 0.4) is 0 Å². The number of hydrogen-bond donors (Lipinski definition) is 11. The Morgan fingerprint density at radius 1 is 0.762 bits per heavy atom. The van der Waals surface area contributed by atoms with E-state index in [1.165, 1.54) is 26.5 Å². The van der Waals surface area contributed by atoms with E-state index < -0.39 is 125 Å². The molecule has 4 fully saturated rings. The van der Waals surface area contributed by atoms with Gasteiger partial charge in [0.2, 0.25) is 53.2 Å². The van der Waals surface area contributed by atoms with Crippen molar-refractivity contribution in [1.82, 2.24) is 42.1 Å². The average Bonchev–Trinajstić information content (AvgIpc) is 4.19. The summed E-state index contributed by atoms with van der Waals surface area (Å²) in [6.45, 7) is 5.05. The molecule has 460 valence electrons. The summed E-state index contributed by atoms with van der Waals surface area (Å²) in [5, 5.41) is 28.5. The lowest BCUT2D eigenvalue weighted by Gasteiger charge is -2.43. The van der Waals surface area contributed by atoms with Gasteiger partial charge < -0.3 is 69.2 Å². The number of aliphatic carboxylic acids is 1. The molecule has 2 aromatic rings. The van der Waals surface area contributed by atoms with E-state index in [0.29, 0.717) is 29.9 Å². The molecule has 14 N–H and O–H groups in total. The number of carboxylic acid groups (broad SMARTS) is 1. The van der Waals surface area contributed by atoms with E-state index in [4.69, 9.17) is 21.9 Å². The number of carbonyl (C=O) groups excluding carboxylic acids is 9. The highest BCUT2D eigenvalue weighted by atomic mass is 33.1. The van der Waals surface area contributed by atoms with E-state index in [1.54, 1.807) is 56.3 Å². The molecule has 7 atom stereocenters. The summed E-state index contributed by atoms with van der Waals surface area (Å²) in [6, 6.07) is 6.82. The Balaban J connectivity index is 1.41. The zero-order valence-electron chi connectivity index (χ0n) is 48.2. The first-order valence-corrected chi connectivity index (χ1v) is 31.5. The van der Waals surface area contributed by atoms with Crippen LogP contribution in [0.2, 0.25) is 0 Å². The van der Waals surface area contributed by atoms with Gasteiger partial charge in [0.05, 0.1) is 13.0 Å². The number of nitrogens with zero attached hydrogens (tertiary/aromatic N) is 2. The van der Waals surface area contributed by atoms with Gasteiger partial charge in [0, 0.05) is 42.9 Å². The number of likely N-dealkylation sites (tertiary alicyclic amines) is 1. The smallest absolute Gasteiger partial charge is 0.322 e. The van der Waals surface area contributed by atoms with E-state index >= 15 is 9.59 Å². The molecule has 84 heavy (non-hydrogen) atoms. The van der Waals surface area contributed by atoms with E-state index in [0.717, 1.165) is 51.4 Å². The zero-order chi connectivity index (χ0) is 60.9. The van der Waals surface area contributed by atoms with Crippen molar-refractivity contribution in [3.8, 4) is 5.75 Å². The fraction of sp³-hybridized carbons (Fsp3) is 0.603. The predicted molar refractivity (Wildman–Crippen MR) is 318 cm³/mol. The maximum Gasteiger partial charge on any atom is 0.322 e. The number of hydrogen-bond acceptors (Lipinski definition) is 14. The molecule has 6 rings (SSSR count). The van der Waals surface area contributed by atoms with Crippen LogP contribution >= 0.6 is 21.6 Å². The minimum absolute atomic E-state index is 0.00212. The molecule has 0 aromatic heterocycles. The van der Waals surface area contributed by atoms with Gasteiger partial charge in [-0.05, 0) is 99.3 Å². The van der Waals surface area contributed by atoms with Gasteiger partial charge in [-0.2, -0.15) is 0 Å². The molecule has 0 radical (unpaired) electrons. The number of nitrogens with two attached hydrogens (primary N) is 3. The van der Waals surface area contributed by atoms with Crippen LogP contribution in [0, 0.1) is 17.8 Å². The van der Waals surface area contributed by atoms with Gasteiger partial charge in [-0.3, -0.25) is 52.9 Å². The van der Waals surface area contributed by atoms with Crippen molar-refractivity contribution in [3.05, 3.63) is 65.7 Å². The number of carbonyl (C=O) groups is 10. The zero-order valence-corrected chi connectivity index (χ0v) is 49.8. The van der Waals surface area contributed by atoms with E-state index in [2.05, 4.69) is 42.2 Å². The summed E-state index contributed by atoms with van der Waals surface area (Å²) in [6.07, 6.45) is 7.04. The van der Waals surface area contributed by atoms with Crippen molar-refractivity contribution in [3.63, 3.8) is 0 Å². The fourth-order valence-corrected chi connectivity index (χ4v) is 15.6. The van der Waals surface area contributed by atoms with Gasteiger partial charge in [-0.1, -0.05) is 104 Å². The van der Waals surface area contributed by atoms with Crippen molar-refractivity contribution in [2.45, 2.75) is 171 Å². The molecule has 26 heteroatoms. The summed E-state index contributed by atoms with van der Waals surface area (Å²) in [5.41, 5.74) is 18.1. The number of ether oxygens (including phenoxy) is 1. The van der Waals surface area contributed by atoms with Crippen molar-refractivity contribution in [1.29, 1.82) is 0 Å². The Labute approximate surface area is 498 Å². The Bertz CT molecular complexity index is 2640. The van der Waals surface area contributed by atoms with Crippen LogP contribution in [0.4, 0.5) is 0 Å². The minimum Gasteiger partial charge on any atom is -0.494 e. The number of guanidine groups is 1. The number of nitrogens with one attached hydrogen (secondary N) is 7. The second-order valence-electron chi connectivity index (χ2n) is 22.4. The Kier molecular flexibility index (Phi) is 25.4. The minimum atomic E-state index is -1.67. The van der Waals surface area contributed by atoms with Crippen LogP contribution < -0.4 is 59.2 Å². The van der Waals surface area contributed by atoms with Crippen molar-refractivity contribution >= 4 is 86.7 Å². The van der Waals surface area contributed by atoms with Crippen LogP contribution in [0.5, 0.6) is 5.75 Å². The molecule has 4 aliphatic rings. The monoisotopic (exact) mass is 1200 g/mol. The molecule has 2 saturated carbocycles. The fourth-order valence-electron chi connectivity index (χ4n) is 11.7. The lowest BCUT2D eigenvalue weighted by atomic mass is 9.76. The third-order valence-corrected chi connectivity index (χ3v) is 19.4. The standard InChI is InChI=1S/C58H84N12O12S2/c1-4-82-39-24-22-36(23-25-39)29-41-51(76)66-42(28-35-14-6-5-7-15-35)53(78)69-49(34(2)3)55(80)67-43(30-46(59)71)52(77)68-44(33-83-84-58(31-47(72)64-41,37-16-8-9-17-37)38-18-10-11-19-38)56(81)70-27-13-21-45(70)54(79)65-40(20-12-26-62-57(60)61)50(75)63-32-48(73)74/h5-7,14-15,22-25,34,37-38,40-45,49H,4,8-13,16-21,26-33H2,1-3H3,(H2,59,71)(H,63,75)(H,64,72)(H,65,79)(H,66,76)(H,67,80)(H,68,77)(H,69,78)(H,73,74)(H4,60,61,62)/t40-,41-,42-,43-,44-,45+,49-/m0/s1. The molecule has 2 aliphatic heterocycles. The molecule has 2 heterocycles. The van der Waals surface area contributed by atoms with E-state index in [1.807, 2.05) is 19.1 Å². The summed E-state index contributed by atoms with van der Waals surface area (Å²) >= 11 is 0. The van der Waals surface area contributed by atoms with Crippen LogP contribution in [0.25, 0.3) is 0 Å². The number of benzene rings is 2. The van der Waals surface area contributed by atoms with Crippen LogP contribution in [-0.2, 0) is 60.8 Å². The predicted octanol–water partition coefficient (Wildman–Crippen LogP) is 1.46. The molecule has 2 aliphatic carbocycles. The van der Waals surface area contributed by atoms with E-state index in [9.17, 15) is 43.5 Å². The normalized spacial score (nSPS) is 23.7. The van der Waals surface area contributed by atoms with Gasteiger partial charge in [-0.25, -0.2) is 0 Å². The molecule has 0 unspecified atom stereocenters. The van der Waals surface area contributed by atoms with Crippen LogP contribution in [-0.4, -0.2) is 154 Å². The SMILES string of the molecule is CCOc1ccc(C[C@@H]2NC(=O)CC(C3CCCC3)(C3CCCC3)SSC[C@@H](C(=O)N3CCC[C@@H]3C(=O)N[C@@H](CCCN=C(N)N)C(=O)NCC(=O)O)NC(=O)[C@H](CC(N)=O)NC(=O)[C@H](C(C)C)NC(=O)[C@H](Cc3ccccc3)NC2=O)cc1. The maximum absolute atomic E-state index is 15.2. The maximum atomic E-state index is 15.2. The second kappa shape index (κ2) is 32.3. The highest BCUT2D eigenvalue weighted by Crippen LogP contribution is 2.57. The Hall–Kier alpha value is -7.09. The van der Waals surface area contributed by atoms with E-state index in [-0.39, 0.29) is 75.2 Å². The third kappa shape index (κ3) is 19.2. The first kappa shape index (κ1) is 66.1. The number of carboxylic acids is 1. The highest BCUT2D eigenvalue weighted by molar-refractivity contribution is 8.77. The lowest BCUT2D eigenvalue weighted by molar-refractivity contribution is -0.142. The number of primary amides is 1. The summed E-state index contributed by atoms with van der Waals surface area (Å²) in [4.78, 5) is 146. The van der Waals surface area contributed by atoms with Gasteiger partial charge in [0.15, 0.2) is 5.96 Å². The summed E-state index contributed by atoms with van der Waals surface area (Å²) < 4.78 is 4.95. The topological polar surface area (TPSA) is 378 Å².